The lowest BCUT2D eigenvalue weighted by atomic mass is 10.2. The average molecular weight is 226 g/mol. The second-order valence-corrected chi connectivity index (χ2v) is 4.74. The van der Waals surface area contributed by atoms with Crippen molar-refractivity contribution in [3.05, 3.63) is 0 Å². The van der Waals surface area contributed by atoms with E-state index in [1.807, 2.05) is 4.90 Å². The third kappa shape index (κ3) is 3.46. The van der Waals surface area contributed by atoms with E-state index in [2.05, 4.69) is 5.32 Å². The van der Waals surface area contributed by atoms with E-state index in [0.717, 1.165) is 45.6 Å². The van der Waals surface area contributed by atoms with Crippen LogP contribution in [0.2, 0.25) is 0 Å². The first-order chi connectivity index (χ1) is 7.86. The second-order valence-electron chi connectivity index (χ2n) is 4.74. The van der Waals surface area contributed by atoms with E-state index in [-0.39, 0.29) is 5.91 Å². The van der Waals surface area contributed by atoms with Crippen LogP contribution in [0.25, 0.3) is 0 Å². The first-order valence-electron chi connectivity index (χ1n) is 6.45. The molecule has 0 aromatic carbocycles. The number of rotatable bonds is 3. The van der Waals surface area contributed by atoms with E-state index >= 15 is 0 Å². The summed E-state index contributed by atoms with van der Waals surface area (Å²) in [6.45, 7) is 3.96. The molecule has 1 unspecified atom stereocenters. The van der Waals surface area contributed by atoms with E-state index in [1.54, 1.807) is 0 Å². The number of nitrogens with one attached hydrogen (secondary N) is 1. The molecule has 0 aromatic rings. The van der Waals surface area contributed by atoms with Crippen molar-refractivity contribution < 1.29 is 9.53 Å². The molecule has 0 bridgehead atoms. The van der Waals surface area contributed by atoms with Gasteiger partial charge in [0.05, 0.1) is 13.2 Å². The zero-order valence-electron chi connectivity index (χ0n) is 9.91. The molecule has 1 atom stereocenters. The van der Waals surface area contributed by atoms with Crippen LogP contribution in [0.15, 0.2) is 0 Å². The maximum atomic E-state index is 11.9. The van der Waals surface area contributed by atoms with Crippen molar-refractivity contribution >= 4 is 5.91 Å². The molecule has 1 N–H and O–H groups in total. The molecular formula is C12H22N2O2. The maximum Gasteiger partial charge on any atom is 0.236 e. The number of carbonyl (C=O) groups excluding carboxylic acids is 1. The van der Waals surface area contributed by atoms with Gasteiger partial charge in [-0.25, -0.2) is 0 Å². The summed E-state index contributed by atoms with van der Waals surface area (Å²) >= 11 is 0. The van der Waals surface area contributed by atoms with E-state index in [0.29, 0.717) is 12.6 Å². The SMILES string of the molecule is O=C(CNC1CCOC1)N1CCCCCC1. The molecule has 4 nitrogen and oxygen atoms in total. The predicted octanol–water partition coefficient (Wildman–Crippen LogP) is 0.767. The number of carbonyl (C=O) groups is 1. The van der Waals surface area contributed by atoms with Crippen LogP contribution in [-0.4, -0.2) is 49.7 Å². The van der Waals surface area contributed by atoms with Crippen molar-refractivity contribution in [1.29, 1.82) is 0 Å². The minimum absolute atomic E-state index is 0.258. The summed E-state index contributed by atoms with van der Waals surface area (Å²) < 4.78 is 5.27. The molecule has 2 saturated heterocycles. The van der Waals surface area contributed by atoms with Gasteiger partial charge in [0.25, 0.3) is 0 Å². The van der Waals surface area contributed by atoms with Crippen molar-refractivity contribution in [2.45, 2.75) is 38.1 Å². The first kappa shape index (κ1) is 11.9. The lowest BCUT2D eigenvalue weighted by molar-refractivity contribution is -0.130. The maximum absolute atomic E-state index is 11.9. The van der Waals surface area contributed by atoms with Crippen LogP contribution in [0, 0.1) is 0 Å². The molecule has 2 rings (SSSR count). The summed E-state index contributed by atoms with van der Waals surface area (Å²) in [7, 11) is 0. The molecule has 16 heavy (non-hydrogen) atoms. The standard InChI is InChI=1S/C12H22N2O2/c15-12(9-13-11-5-8-16-10-11)14-6-3-1-2-4-7-14/h11,13H,1-10H2. The molecular weight excluding hydrogens is 204 g/mol. The topological polar surface area (TPSA) is 41.6 Å². The third-order valence-electron chi connectivity index (χ3n) is 3.43. The average Bonchev–Trinajstić information content (AvgIpc) is 2.66. The molecule has 2 heterocycles. The van der Waals surface area contributed by atoms with Crippen LogP contribution >= 0.6 is 0 Å². The summed E-state index contributed by atoms with van der Waals surface area (Å²) in [6.07, 6.45) is 5.91. The Bertz CT molecular complexity index is 219. The Hall–Kier alpha value is -0.610. The Kier molecular flexibility index (Phi) is 4.60. The minimum atomic E-state index is 0.258. The summed E-state index contributed by atoms with van der Waals surface area (Å²) in [5.74, 6) is 0.258. The van der Waals surface area contributed by atoms with E-state index in [1.165, 1.54) is 12.8 Å². The van der Waals surface area contributed by atoms with E-state index in [4.69, 9.17) is 4.74 Å². The van der Waals surface area contributed by atoms with E-state index < -0.39 is 0 Å². The Morgan fingerprint density at radius 1 is 1.25 bits per heavy atom. The number of hydrogen-bond acceptors (Lipinski definition) is 3. The Morgan fingerprint density at radius 3 is 2.62 bits per heavy atom. The van der Waals surface area contributed by atoms with Gasteiger partial charge in [-0.2, -0.15) is 0 Å². The second kappa shape index (κ2) is 6.21. The lowest BCUT2D eigenvalue weighted by Crippen LogP contribution is -2.42. The molecule has 92 valence electrons. The molecule has 0 radical (unpaired) electrons. The monoisotopic (exact) mass is 226 g/mol. The molecule has 0 aromatic heterocycles. The van der Waals surface area contributed by atoms with Crippen LogP contribution in [0.4, 0.5) is 0 Å². The van der Waals surface area contributed by atoms with Crippen molar-refractivity contribution in [3.8, 4) is 0 Å². The molecule has 0 spiro atoms. The molecule has 2 fully saturated rings. The molecule has 2 aliphatic rings. The van der Waals surface area contributed by atoms with Gasteiger partial charge in [0.15, 0.2) is 0 Å². The van der Waals surface area contributed by atoms with Gasteiger partial charge in [-0.15, -0.1) is 0 Å². The number of nitrogens with zero attached hydrogens (tertiary/aromatic N) is 1. The van der Waals surface area contributed by atoms with Gasteiger partial charge < -0.3 is 15.0 Å². The highest BCUT2D eigenvalue weighted by molar-refractivity contribution is 5.78. The smallest absolute Gasteiger partial charge is 0.236 e. The first-order valence-corrected chi connectivity index (χ1v) is 6.45. The molecule has 0 aliphatic carbocycles. The van der Waals surface area contributed by atoms with Crippen LogP contribution < -0.4 is 5.32 Å². The third-order valence-corrected chi connectivity index (χ3v) is 3.43. The van der Waals surface area contributed by atoms with E-state index in [9.17, 15) is 4.79 Å². The zero-order chi connectivity index (χ0) is 11.2. The minimum Gasteiger partial charge on any atom is -0.380 e. The number of likely N-dealkylation sites (tertiary alicyclic amines) is 1. The van der Waals surface area contributed by atoms with Gasteiger partial charge in [-0.1, -0.05) is 12.8 Å². The number of ether oxygens (including phenoxy) is 1. The number of amides is 1. The highest BCUT2D eigenvalue weighted by Gasteiger charge is 2.19. The summed E-state index contributed by atoms with van der Waals surface area (Å²) in [4.78, 5) is 13.9. The fraction of sp³-hybridized carbons (Fsp3) is 0.917. The van der Waals surface area contributed by atoms with Crippen molar-refractivity contribution in [1.82, 2.24) is 10.2 Å². The fourth-order valence-corrected chi connectivity index (χ4v) is 2.36. The highest BCUT2D eigenvalue weighted by atomic mass is 16.5. The van der Waals surface area contributed by atoms with Crippen molar-refractivity contribution in [2.75, 3.05) is 32.8 Å². The van der Waals surface area contributed by atoms with Gasteiger partial charge in [-0.05, 0) is 19.3 Å². The Labute approximate surface area is 97.3 Å². The van der Waals surface area contributed by atoms with Gasteiger partial charge in [0.2, 0.25) is 5.91 Å². The largest absolute Gasteiger partial charge is 0.380 e. The van der Waals surface area contributed by atoms with Crippen LogP contribution in [-0.2, 0) is 9.53 Å². The van der Waals surface area contributed by atoms with Crippen molar-refractivity contribution in [3.63, 3.8) is 0 Å². The molecule has 0 saturated carbocycles. The Morgan fingerprint density at radius 2 is 2.00 bits per heavy atom. The normalized spacial score (nSPS) is 26.8. The van der Waals surface area contributed by atoms with Crippen LogP contribution in [0.5, 0.6) is 0 Å². The highest BCUT2D eigenvalue weighted by Crippen LogP contribution is 2.09. The van der Waals surface area contributed by atoms with Gasteiger partial charge in [-0.3, -0.25) is 4.79 Å². The van der Waals surface area contributed by atoms with Crippen molar-refractivity contribution in [2.24, 2.45) is 0 Å². The fourth-order valence-electron chi connectivity index (χ4n) is 2.36. The quantitative estimate of drug-likeness (QED) is 0.773. The molecule has 4 heteroatoms. The summed E-state index contributed by atoms with van der Waals surface area (Å²) in [5.41, 5.74) is 0. The Balaban J connectivity index is 1.69. The van der Waals surface area contributed by atoms with Crippen LogP contribution in [0.1, 0.15) is 32.1 Å². The zero-order valence-corrected chi connectivity index (χ0v) is 9.91. The predicted molar refractivity (Wildman–Crippen MR) is 62.3 cm³/mol. The van der Waals surface area contributed by atoms with Gasteiger partial charge in [0, 0.05) is 25.7 Å². The lowest BCUT2D eigenvalue weighted by Gasteiger charge is -2.21. The van der Waals surface area contributed by atoms with Gasteiger partial charge >= 0.3 is 0 Å². The summed E-state index contributed by atoms with van der Waals surface area (Å²) in [5, 5.41) is 3.28. The summed E-state index contributed by atoms with van der Waals surface area (Å²) in [6, 6.07) is 0.385. The van der Waals surface area contributed by atoms with Crippen LogP contribution in [0.3, 0.4) is 0 Å². The molecule has 1 amide bonds. The van der Waals surface area contributed by atoms with Gasteiger partial charge in [0.1, 0.15) is 0 Å². The number of hydrogen-bond donors (Lipinski definition) is 1. The molecule has 2 aliphatic heterocycles.